The molecule has 0 aliphatic rings. The molecule has 1 aromatic carbocycles. The van der Waals surface area contributed by atoms with Crippen LogP contribution in [0.3, 0.4) is 0 Å². The molecule has 0 aliphatic carbocycles. The van der Waals surface area contributed by atoms with E-state index in [1.54, 1.807) is 6.07 Å². The van der Waals surface area contributed by atoms with Crippen LogP contribution in [0.15, 0.2) is 18.2 Å². The summed E-state index contributed by atoms with van der Waals surface area (Å²) in [5.74, 6) is -0.471. The summed E-state index contributed by atoms with van der Waals surface area (Å²) in [6.07, 6.45) is 1.85. The molecule has 2 rings (SSSR count). The van der Waals surface area contributed by atoms with Crippen LogP contribution < -0.4 is 0 Å². The molecule has 0 N–H and O–H groups in total. The second kappa shape index (κ2) is 4.56. The Morgan fingerprint density at radius 2 is 2.00 bits per heavy atom. The quantitative estimate of drug-likeness (QED) is 0.715. The van der Waals surface area contributed by atoms with Crippen molar-refractivity contribution < 1.29 is 4.39 Å². The fraction of sp³-hybridized carbons (Fsp3) is 0.250. The average Bonchev–Trinajstić information content (AvgIpc) is 2.23. The molecule has 84 valence electrons. The Morgan fingerprint density at radius 3 is 2.69 bits per heavy atom. The zero-order chi connectivity index (χ0) is 11.7. The van der Waals surface area contributed by atoms with E-state index >= 15 is 0 Å². The van der Waals surface area contributed by atoms with Gasteiger partial charge in [-0.15, -0.1) is 0 Å². The lowest BCUT2D eigenvalue weighted by molar-refractivity contribution is 0.630. The number of hydrogen-bond donors (Lipinski definition) is 0. The Bertz CT molecular complexity index is 540. The van der Waals surface area contributed by atoms with E-state index < -0.39 is 5.82 Å². The largest absolute Gasteiger partial charge is 0.236 e. The third kappa shape index (κ3) is 2.13. The van der Waals surface area contributed by atoms with E-state index in [4.69, 9.17) is 23.2 Å². The fourth-order valence-corrected chi connectivity index (χ4v) is 2.05. The first-order chi connectivity index (χ1) is 7.61. The lowest BCUT2D eigenvalue weighted by atomic mass is 10.1. The molecule has 0 saturated carbocycles. The van der Waals surface area contributed by atoms with Gasteiger partial charge in [0.05, 0.1) is 10.5 Å². The molecule has 1 heterocycles. The summed E-state index contributed by atoms with van der Waals surface area (Å²) < 4.78 is 13.2. The van der Waals surface area contributed by atoms with Crippen LogP contribution in [0, 0.1) is 5.82 Å². The van der Waals surface area contributed by atoms with Crippen molar-refractivity contribution in [3.8, 4) is 0 Å². The zero-order valence-corrected chi connectivity index (χ0v) is 10.2. The lowest BCUT2D eigenvalue weighted by Gasteiger charge is -2.05. The van der Waals surface area contributed by atoms with E-state index in [0.29, 0.717) is 10.7 Å². The Labute approximate surface area is 103 Å². The second-order valence-corrected chi connectivity index (χ2v) is 4.41. The lowest BCUT2D eigenvalue weighted by Crippen LogP contribution is -1.91. The predicted octanol–water partition coefficient (Wildman–Crippen LogP) is 4.63. The fourth-order valence-electron chi connectivity index (χ4n) is 1.63. The number of rotatable bonds is 2. The minimum atomic E-state index is -0.471. The number of benzene rings is 1. The van der Waals surface area contributed by atoms with E-state index in [2.05, 4.69) is 11.9 Å². The summed E-state index contributed by atoms with van der Waals surface area (Å²) in [4.78, 5) is 4.16. The minimum absolute atomic E-state index is 0.110. The minimum Gasteiger partial charge on any atom is -0.236 e. The number of halogens is 3. The van der Waals surface area contributed by atoms with Crippen LogP contribution >= 0.6 is 23.2 Å². The maximum absolute atomic E-state index is 13.2. The van der Waals surface area contributed by atoms with Crippen molar-refractivity contribution in [2.75, 3.05) is 0 Å². The number of aryl methyl sites for hydroxylation is 1. The number of aromatic nitrogens is 1. The maximum atomic E-state index is 13.2. The summed E-state index contributed by atoms with van der Waals surface area (Å²) in [5.41, 5.74) is 1.51. The topological polar surface area (TPSA) is 12.9 Å². The van der Waals surface area contributed by atoms with Crippen molar-refractivity contribution in [1.29, 1.82) is 0 Å². The van der Waals surface area contributed by atoms with Crippen molar-refractivity contribution in [3.05, 3.63) is 39.8 Å². The van der Waals surface area contributed by atoms with Gasteiger partial charge >= 0.3 is 0 Å². The van der Waals surface area contributed by atoms with Gasteiger partial charge < -0.3 is 0 Å². The van der Waals surface area contributed by atoms with Gasteiger partial charge in [0, 0.05) is 11.5 Å². The number of pyridine rings is 1. The average molecular weight is 258 g/mol. The first-order valence-corrected chi connectivity index (χ1v) is 5.81. The summed E-state index contributed by atoms with van der Waals surface area (Å²) in [6, 6.07) is 4.80. The highest BCUT2D eigenvalue weighted by molar-refractivity contribution is 6.32. The molecule has 1 aromatic heterocycles. The molecule has 0 bridgehead atoms. The van der Waals surface area contributed by atoms with Crippen molar-refractivity contribution >= 4 is 34.1 Å². The first-order valence-electron chi connectivity index (χ1n) is 5.06. The van der Waals surface area contributed by atoms with Crippen LogP contribution in [-0.4, -0.2) is 4.98 Å². The molecule has 2 aromatic rings. The van der Waals surface area contributed by atoms with Crippen molar-refractivity contribution in [3.63, 3.8) is 0 Å². The van der Waals surface area contributed by atoms with Crippen LogP contribution in [0.2, 0.25) is 10.2 Å². The molecule has 0 fully saturated rings. The van der Waals surface area contributed by atoms with Gasteiger partial charge in [0.2, 0.25) is 0 Å². The molecule has 0 atom stereocenters. The predicted molar refractivity (Wildman–Crippen MR) is 65.7 cm³/mol. The summed E-state index contributed by atoms with van der Waals surface area (Å²) in [6.45, 7) is 2.07. The van der Waals surface area contributed by atoms with Crippen molar-refractivity contribution in [1.82, 2.24) is 4.98 Å². The molecule has 0 spiro atoms. The Morgan fingerprint density at radius 1 is 1.25 bits per heavy atom. The number of hydrogen-bond acceptors (Lipinski definition) is 1. The van der Waals surface area contributed by atoms with Crippen LogP contribution in [0.5, 0.6) is 0 Å². The van der Waals surface area contributed by atoms with Crippen LogP contribution in [0.1, 0.15) is 18.9 Å². The van der Waals surface area contributed by atoms with Crippen molar-refractivity contribution in [2.24, 2.45) is 0 Å². The Kier molecular flexibility index (Phi) is 3.31. The number of fused-ring (bicyclic) bond motifs is 1. The molecule has 1 nitrogen and oxygen atoms in total. The number of nitrogens with zero attached hydrogens (tertiary/aromatic N) is 1. The van der Waals surface area contributed by atoms with Gasteiger partial charge in [-0.1, -0.05) is 36.5 Å². The molecular formula is C12H10Cl2FN. The van der Waals surface area contributed by atoms with Gasteiger partial charge in [-0.25, -0.2) is 9.37 Å². The van der Waals surface area contributed by atoms with Gasteiger partial charge in [0.15, 0.2) is 0 Å². The van der Waals surface area contributed by atoms with Crippen molar-refractivity contribution in [2.45, 2.75) is 19.8 Å². The van der Waals surface area contributed by atoms with Crippen LogP contribution in [0.25, 0.3) is 10.9 Å². The monoisotopic (exact) mass is 257 g/mol. The van der Waals surface area contributed by atoms with Crippen LogP contribution in [-0.2, 0) is 6.42 Å². The molecule has 4 heteroatoms. The van der Waals surface area contributed by atoms with E-state index in [-0.39, 0.29) is 5.02 Å². The van der Waals surface area contributed by atoms with Crippen LogP contribution in [0.4, 0.5) is 4.39 Å². The van der Waals surface area contributed by atoms with Gasteiger partial charge in [-0.05, 0) is 24.1 Å². The first kappa shape index (κ1) is 11.6. The highest BCUT2D eigenvalue weighted by atomic mass is 35.5. The van der Waals surface area contributed by atoms with E-state index in [0.717, 1.165) is 23.8 Å². The third-order valence-electron chi connectivity index (χ3n) is 2.40. The molecular weight excluding hydrogens is 248 g/mol. The smallest absolute Gasteiger partial charge is 0.143 e. The SMILES string of the molecule is CCCc1cc2cc(Cl)c(F)cc2nc1Cl. The van der Waals surface area contributed by atoms with Gasteiger partial charge in [-0.3, -0.25) is 0 Å². The molecule has 0 aliphatic heterocycles. The van der Waals surface area contributed by atoms with Gasteiger partial charge in [-0.2, -0.15) is 0 Å². The molecule has 16 heavy (non-hydrogen) atoms. The van der Waals surface area contributed by atoms with Gasteiger partial charge in [0.25, 0.3) is 0 Å². The second-order valence-electron chi connectivity index (χ2n) is 3.65. The molecule has 0 saturated heterocycles. The molecule has 0 amide bonds. The summed E-state index contributed by atoms with van der Waals surface area (Å²) >= 11 is 11.7. The normalized spacial score (nSPS) is 11.0. The highest BCUT2D eigenvalue weighted by Gasteiger charge is 2.07. The maximum Gasteiger partial charge on any atom is 0.143 e. The molecule has 0 radical (unpaired) electrons. The molecule has 0 unspecified atom stereocenters. The van der Waals surface area contributed by atoms with E-state index in [9.17, 15) is 4.39 Å². The summed E-state index contributed by atoms with van der Waals surface area (Å²) in [5, 5.41) is 1.37. The zero-order valence-electron chi connectivity index (χ0n) is 8.73. The third-order valence-corrected chi connectivity index (χ3v) is 3.02. The van der Waals surface area contributed by atoms with Gasteiger partial charge in [0.1, 0.15) is 11.0 Å². The highest BCUT2D eigenvalue weighted by Crippen LogP contribution is 2.26. The Balaban J connectivity index is 2.65. The Hall–Kier alpha value is -0.860. The van der Waals surface area contributed by atoms with E-state index in [1.165, 1.54) is 6.07 Å². The standard InChI is InChI=1S/C12H10Cl2FN/c1-2-3-7-4-8-5-9(13)10(15)6-11(8)16-12(7)14/h4-6H,2-3H2,1H3. The van der Waals surface area contributed by atoms with E-state index in [1.807, 2.05) is 6.07 Å². The summed E-state index contributed by atoms with van der Waals surface area (Å²) in [7, 11) is 0.